The highest BCUT2D eigenvalue weighted by Crippen LogP contribution is 2.18. The van der Waals surface area contributed by atoms with E-state index in [0.29, 0.717) is 10.8 Å². The Hall–Kier alpha value is -1.74. The van der Waals surface area contributed by atoms with Gasteiger partial charge in [-0.1, -0.05) is 4.49 Å². The molecule has 2 N–H and O–H groups in total. The van der Waals surface area contributed by atoms with E-state index in [0.717, 1.165) is 11.5 Å². The zero-order valence-corrected chi connectivity index (χ0v) is 10.4. The molecule has 0 aliphatic rings. The van der Waals surface area contributed by atoms with Gasteiger partial charge in [-0.15, -0.1) is 5.10 Å². The van der Waals surface area contributed by atoms with Crippen molar-refractivity contribution in [2.45, 2.75) is 4.90 Å². The fourth-order valence-electron chi connectivity index (χ4n) is 1.12. The van der Waals surface area contributed by atoms with Gasteiger partial charge in [0.1, 0.15) is 10.8 Å². The molecule has 17 heavy (non-hydrogen) atoms. The minimum atomic E-state index is -3.62. The van der Waals surface area contributed by atoms with E-state index in [1.807, 2.05) is 0 Å². The Kier molecular flexibility index (Phi) is 3.20. The summed E-state index contributed by atoms with van der Waals surface area (Å²) in [5.41, 5.74) is 0. The molecule has 9 heteroatoms. The standard InChI is InChI=1S/C8H9N5O2S2/c1-9-7-4-6(2-3-10-7)17(14,15)12-8-5-11-13-16-8/h2-5,12H,1H3,(H,9,10). The second-order valence-electron chi connectivity index (χ2n) is 3.01. The number of hydrogen-bond acceptors (Lipinski definition) is 7. The van der Waals surface area contributed by atoms with Crippen LogP contribution in [0.3, 0.4) is 0 Å². The Morgan fingerprint density at radius 1 is 1.41 bits per heavy atom. The first kappa shape index (κ1) is 11.7. The van der Waals surface area contributed by atoms with E-state index >= 15 is 0 Å². The zero-order valence-electron chi connectivity index (χ0n) is 8.78. The summed E-state index contributed by atoms with van der Waals surface area (Å²) < 4.78 is 29.9. The van der Waals surface area contributed by atoms with Crippen LogP contribution < -0.4 is 10.0 Å². The van der Waals surface area contributed by atoms with Gasteiger partial charge in [-0.05, 0) is 6.07 Å². The predicted octanol–water partition coefficient (Wildman–Crippen LogP) is 0.776. The summed E-state index contributed by atoms with van der Waals surface area (Å²) in [7, 11) is -1.95. The summed E-state index contributed by atoms with van der Waals surface area (Å²) in [5.74, 6) is 0.482. The number of pyridine rings is 1. The van der Waals surface area contributed by atoms with Crippen molar-refractivity contribution in [3.8, 4) is 0 Å². The molecule has 0 radical (unpaired) electrons. The number of nitrogens with one attached hydrogen (secondary N) is 2. The van der Waals surface area contributed by atoms with Gasteiger partial charge in [0.05, 0.1) is 11.1 Å². The number of sulfonamides is 1. The summed E-state index contributed by atoms with van der Waals surface area (Å²) in [6, 6.07) is 2.86. The van der Waals surface area contributed by atoms with E-state index < -0.39 is 10.0 Å². The van der Waals surface area contributed by atoms with Crippen molar-refractivity contribution in [3.05, 3.63) is 24.5 Å². The molecular formula is C8H9N5O2S2. The first-order chi connectivity index (χ1) is 8.12. The number of anilines is 2. The molecule has 0 aliphatic heterocycles. The average molecular weight is 271 g/mol. The van der Waals surface area contributed by atoms with Gasteiger partial charge in [-0.3, -0.25) is 4.72 Å². The summed E-state index contributed by atoms with van der Waals surface area (Å²) in [4.78, 5) is 4.07. The van der Waals surface area contributed by atoms with Crippen LogP contribution in [-0.4, -0.2) is 30.0 Å². The van der Waals surface area contributed by atoms with Crippen molar-refractivity contribution >= 4 is 32.4 Å². The lowest BCUT2D eigenvalue weighted by atomic mass is 10.5. The van der Waals surface area contributed by atoms with Crippen LogP contribution in [0, 0.1) is 0 Å². The van der Waals surface area contributed by atoms with Gasteiger partial charge < -0.3 is 5.32 Å². The van der Waals surface area contributed by atoms with Crippen LogP contribution in [0.1, 0.15) is 0 Å². The summed E-state index contributed by atoms with van der Waals surface area (Å²) in [6.45, 7) is 0. The highest BCUT2D eigenvalue weighted by atomic mass is 32.2. The molecule has 0 atom stereocenters. The molecule has 2 aromatic heterocycles. The third kappa shape index (κ3) is 2.68. The highest BCUT2D eigenvalue weighted by Gasteiger charge is 2.15. The summed E-state index contributed by atoms with van der Waals surface area (Å²) in [5, 5.41) is 6.69. The second-order valence-corrected chi connectivity index (χ2v) is 5.48. The molecule has 2 aromatic rings. The SMILES string of the molecule is CNc1cc(S(=O)(=O)Nc2cnns2)ccn1. The van der Waals surface area contributed by atoms with Crippen LogP contribution in [0.4, 0.5) is 10.8 Å². The van der Waals surface area contributed by atoms with Gasteiger partial charge in [-0.25, -0.2) is 13.4 Å². The maximum Gasteiger partial charge on any atom is 0.262 e. The fraction of sp³-hybridized carbons (Fsp3) is 0.125. The molecule has 0 unspecified atom stereocenters. The molecule has 0 saturated heterocycles. The molecule has 0 fully saturated rings. The van der Waals surface area contributed by atoms with E-state index in [1.165, 1.54) is 24.5 Å². The van der Waals surface area contributed by atoms with Gasteiger partial charge in [0.25, 0.3) is 10.0 Å². The quantitative estimate of drug-likeness (QED) is 0.852. The molecule has 0 aliphatic carbocycles. The number of hydrogen-bond donors (Lipinski definition) is 2. The van der Waals surface area contributed by atoms with Crippen molar-refractivity contribution < 1.29 is 8.42 Å². The zero-order chi connectivity index (χ0) is 12.3. The monoisotopic (exact) mass is 271 g/mol. The Morgan fingerprint density at radius 2 is 2.24 bits per heavy atom. The van der Waals surface area contributed by atoms with Crippen LogP contribution in [0.5, 0.6) is 0 Å². The van der Waals surface area contributed by atoms with Crippen LogP contribution >= 0.6 is 11.5 Å². The van der Waals surface area contributed by atoms with E-state index in [2.05, 4.69) is 24.6 Å². The van der Waals surface area contributed by atoms with Crippen LogP contribution in [0.15, 0.2) is 29.4 Å². The number of aromatic nitrogens is 3. The summed E-state index contributed by atoms with van der Waals surface area (Å²) in [6.07, 6.45) is 2.77. The van der Waals surface area contributed by atoms with Gasteiger partial charge >= 0.3 is 0 Å². The molecule has 0 aromatic carbocycles. The molecule has 2 rings (SSSR count). The highest BCUT2D eigenvalue weighted by molar-refractivity contribution is 7.93. The molecule has 0 bridgehead atoms. The van der Waals surface area contributed by atoms with Crippen molar-refractivity contribution in [1.82, 2.24) is 14.6 Å². The Balaban J connectivity index is 2.31. The molecular weight excluding hydrogens is 262 g/mol. The molecule has 0 spiro atoms. The smallest absolute Gasteiger partial charge is 0.262 e. The van der Waals surface area contributed by atoms with Crippen molar-refractivity contribution in [2.24, 2.45) is 0 Å². The van der Waals surface area contributed by atoms with E-state index in [-0.39, 0.29) is 4.90 Å². The van der Waals surface area contributed by atoms with Crippen molar-refractivity contribution in [1.29, 1.82) is 0 Å². The predicted molar refractivity (Wildman–Crippen MR) is 64.5 cm³/mol. The van der Waals surface area contributed by atoms with E-state index in [1.54, 1.807) is 7.05 Å². The van der Waals surface area contributed by atoms with Gasteiger partial charge in [0.2, 0.25) is 0 Å². The lowest BCUT2D eigenvalue weighted by Crippen LogP contribution is -2.12. The topological polar surface area (TPSA) is 96.9 Å². The van der Waals surface area contributed by atoms with Crippen molar-refractivity contribution in [3.63, 3.8) is 0 Å². The van der Waals surface area contributed by atoms with Gasteiger partial charge in [0.15, 0.2) is 0 Å². The van der Waals surface area contributed by atoms with Crippen LogP contribution in [0.25, 0.3) is 0 Å². The fourth-order valence-corrected chi connectivity index (χ4v) is 2.82. The first-order valence-corrected chi connectivity index (χ1v) is 6.81. The third-order valence-electron chi connectivity index (χ3n) is 1.89. The lowest BCUT2D eigenvalue weighted by molar-refractivity contribution is 0.601. The number of nitrogens with zero attached hydrogens (tertiary/aromatic N) is 3. The normalized spacial score (nSPS) is 11.1. The maximum absolute atomic E-state index is 12.0. The number of rotatable bonds is 4. The maximum atomic E-state index is 12.0. The molecule has 0 saturated carbocycles. The second kappa shape index (κ2) is 4.63. The van der Waals surface area contributed by atoms with Crippen LogP contribution in [0.2, 0.25) is 0 Å². The Labute approximate surface area is 102 Å². The lowest BCUT2D eigenvalue weighted by Gasteiger charge is -2.06. The van der Waals surface area contributed by atoms with E-state index in [9.17, 15) is 8.42 Å². The Bertz CT molecular complexity index is 596. The minimum absolute atomic E-state index is 0.130. The first-order valence-electron chi connectivity index (χ1n) is 4.56. The average Bonchev–Trinajstić information content (AvgIpc) is 2.81. The molecule has 90 valence electrons. The largest absolute Gasteiger partial charge is 0.373 e. The molecule has 7 nitrogen and oxygen atoms in total. The van der Waals surface area contributed by atoms with Crippen molar-refractivity contribution in [2.75, 3.05) is 17.1 Å². The van der Waals surface area contributed by atoms with Gasteiger partial charge in [0, 0.05) is 30.8 Å². The van der Waals surface area contributed by atoms with Gasteiger partial charge in [-0.2, -0.15) is 0 Å². The molecule has 0 amide bonds. The van der Waals surface area contributed by atoms with E-state index in [4.69, 9.17) is 0 Å². The third-order valence-corrected chi connectivity index (χ3v) is 3.97. The summed E-state index contributed by atoms with van der Waals surface area (Å²) >= 11 is 0.972. The minimum Gasteiger partial charge on any atom is -0.373 e. The Morgan fingerprint density at radius 3 is 2.88 bits per heavy atom. The van der Waals surface area contributed by atoms with Crippen LogP contribution in [-0.2, 0) is 10.0 Å². The molecule has 2 heterocycles.